The maximum Gasteiger partial charge on any atom is 0.224 e. The van der Waals surface area contributed by atoms with Crippen LogP contribution in [-0.2, 0) is 9.59 Å². The average Bonchev–Trinajstić information content (AvgIpc) is 2.99. The second-order valence-electron chi connectivity index (χ2n) is 6.18. The van der Waals surface area contributed by atoms with Crippen molar-refractivity contribution in [3.63, 3.8) is 0 Å². The molecule has 1 aliphatic heterocycles. The van der Waals surface area contributed by atoms with Gasteiger partial charge in [-0.2, -0.15) is 0 Å². The van der Waals surface area contributed by atoms with E-state index in [2.05, 4.69) is 11.9 Å². The van der Waals surface area contributed by atoms with Crippen LogP contribution in [0.25, 0.3) is 0 Å². The molecule has 2 amide bonds. The van der Waals surface area contributed by atoms with E-state index >= 15 is 0 Å². The summed E-state index contributed by atoms with van der Waals surface area (Å²) in [6.07, 6.45) is 8.63. The van der Waals surface area contributed by atoms with E-state index in [1.165, 1.54) is 0 Å². The van der Waals surface area contributed by atoms with Gasteiger partial charge in [0.1, 0.15) is 0 Å². The van der Waals surface area contributed by atoms with E-state index in [1.807, 2.05) is 30.3 Å². The third-order valence-electron chi connectivity index (χ3n) is 4.53. The van der Waals surface area contributed by atoms with E-state index in [-0.39, 0.29) is 17.9 Å². The fraction of sp³-hybridized carbons (Fsp3) is 0.611. The fourth-order valence-electron chi connectivity index (χ4n) is 3.08. The fourth-order valence-corrected chi connectivity index (χ4v) is 3.08. The molecule has 0 saturated carbocycles. The number of carbonyl (C=O) groups excluding carboxylic acids is 2. The van der Waals surface area contributed by atoms with Gasteiger partial charge in [0.15, 0.2) is 0 Å². The molecule has 1 aromatic heterocycles. The van der Waals surface area contributed by atoms with Crippen molar-refractivity contribution in [3.8, 4) is 0 Å². The van der Waals surface area contributed by atoms with Gasteiger partial charge in [-0.05, 0) is 24.5 Å². The number of carbonyl (C=O) groups is 2. The van der Waals surface area contributed by atoms with Gasteiger partial charge in [-0.1, -0.05) is 25.8 Å². The standard InChI is InChI=1S/C18H27N3O2/c1-3-4-8-16(15-7-5-11-19-14-15)20(2)17(22)10-13-21-12-6-9-18(21)23/h5,7,11,14,16H,3-4,6,8-10,12-13H2,1-2H3. The molecule has 1 fully saturated rings. The Labute approximate surface area is 138 Å². The molecule has 0 N–H and O–H groups in total. The maximum atomic E-state index is 12.6. The predicted octanol–water partition coefficient (Wildman–Crippen LogP) is 2.78. The third-order valence-corrected chi connectivity index (χ3v) is 4.53. The molecule has 2 heterocycles. The van der Waals surface area contributed by atoms with Gasteiger partial charge in [-0.25, -0.2) is 0 Å². The number of rotatable bonds is 8. The van der Waals surface area contributed by atoms with Gasteiger partial charge in [0.25, 0.3) is 0 Å². The van der Waals surface area contributed by atoms with E-state index in [0.717, 1.165) is 37.8 Å². The minimum Gasteiger partial charge on any atom is -0.342 e. The zero-order chi connectivity index (χ0) is 16.7. The van der Waals surface area contributed by atoms with Crippen LogP contribution in [0.15, 0.2) is 24.5 Å². The number of amides is 2. The molecule has 5 heteroatoms. The SMILES string of the molecule is CCCCC(c1cccnc1)N(C)C(=O)CCN1CCCC1=O. The van der Waals surface area contributed by atoms with Gasteiger partial charge in [-0.15, -0.1) is 0 Å². The van der Waals surface area contributed by atoms with E-state index in [4.69, 9.17) is 0 Å². The van der Waals surface area contributed by atoms with E-state index in [9.17, 15) is 9.59 Å². The molecule has 1 unspecified atom stereocenters. The Morgan fingerprint density at radius 3 is 2.91 bits per heavy atom. The Balaban J connectivity index is 1.96. The Bertz CT molecular complexity index is 518. The minimum atomic E-state index is 0.0606. The lowest BCUT2D eigenvalue weighted by molar-refractivity contribution is -0.133. The van der Waals surface area contributed by atoms with Crippen LogP contribution in [0.4, 0.5) is 0 Å². The van der Waals surface area contributed by atoms with Crippen LogP contribution in [0.3, 0.4) is 0 Å². The first-order chi connectivity index (χ1) is 11.1. The summed E-state index contributed by atoms with van der Waals surface area (Å²) in [7, 11) is 1.86. The molecular formula is C18H27N3O2. The molecule has 0 aliphatic carbocycles. The Morgan fingerprint density at radius 2 is 2.30 bits per heavy atom. The summed E-state index contributed by atoms with van der Waals surface area (Å²) < 4.78 is 0. The Hall–Kier alpha value is -1.91. The van der Waals surface area contributed by atoms with Crippen LogP contribution in [0.2, 0.25) is 0 Å². The summed E-state index contributed by atoms with van der Waals surface area (Å²) >= 11 is 0. The van der Waals surface area contributed by atoms with Crippen LogP contribution in [-0.4, -0.2) is 46.7 Å². The minimum absolute atomic E-state index is 0.0606. The summed E-state index contributed by atoms with van der Waals surface area (Å²) in [4.78, 5) is 32.0. The van der Waals surface area contributed by atoms with Gasteiger partial charge >= 0.3 is 0 Å². The molecular weight excluding hydrogens is 290 g/mol. The molecule has 0 spiro atoms. The van der Waals surface area contributed by atoms with E-state index in [1.54, 1.807) is 11.1 Å². The zero-order valence-corrected chi connectivity index (χ0v) is 14.2. The summed E-state index contributed by atoms with van der Waals surface area (Å²) in [5.74, 6) is 0.268. The summed E-state index contributed by atoms with van der Waals surface area (Å²) in [5.41, 5.74) is 1.08. The lowest BCUT2D eigenvalue weighted by Gasteiger charge is -2.29. The van der Waals surface area contributed by atoms with Gasteiger partial charge in [0.2, 0.25) is 11.8 Å². The molecule has 126 valence electrons. The van der Waals surface area contributed by atoms with Gasteiger partial charge in [-0.3, -0.25) is 14.6 Å². The lowest BCUT2D eigenvalue weighted by atomic mass is 10.0. The molecule has 5 nitrogen and oxygen atoms in total. The predicted molar refractivity (Wildman–Crippen MR) is 89.7 cm³/mol. The summed E-state index contributed by atoms with van der Waals surface area (Å²) in [6.45, 7) is 3.48. The van der Waals surface area contributed by atoms with Crippen molar-refractivity contribution in [2.45, 2.75) is 51.5 Å². The Kier molecular flexibility index (Phi) is 6.56. The van der Waals surface area contributed by atoms with E-state index in [0.29, 0.717) is 19.4 Å². The van der Waals surface area contributed by atoms with Crippen molar-refractivity contribution in [1.82, 2.24) is 14.8 Å². The van der Waals surface area contributed by atoms with Crippen LogP contribution in [0.1, 0.15) is 57.1 Å². The molecule has 1 atom stereocenters. The quantitative estimate of drug-likeness (QED) is 0.741. The van der Waals surface area contributed by atoms with E-state index < -0.39 is 0 Å². The van der Waals surface area contributed by atoms with Gasteiger partial charge < -0.3 is 9.80 Å². The van der Waals surface area contributed by atoms with Crippen LogP contribution >= 0.6 is 0 Å². The highest BCUT2D eigenvalue weighted by molar-refractivity contribution is 5.80. The van der Waals surface area contributed by atoms with Gasteiger partial charge in [0.05, 0.1) is 6.04 Å². The average molecular weight is 317 g/mol. The number of aromatic nitrogens is 1. The molecule has 1 saturated heterocycles. The lowest BCUT2D eigenvalue weighted by Crippen LogP contribution is -2.35. The second-order valence-corrected chi connectivity index (χ2v) is 6.18. The number of likely N-dealkylation sites (tertiary alicyclic amines) is 1. The molecule has 0 bridgehead atoms. The van der Waals surface area contributed by atoms with Crippen molar-refractivity contribution in [2.75, 3.05) is 20.1 Å². The number of nitrogens with zero attached hydrogens (tertiary/aromatic N) is 3. The molecule has 23 heavy (non-hydrogen) atoms. The summed E-state index contributed by atoms with van der Waals surface area (Å²) in [6, 6.07) is 4.00. The van der Waals surface area contributed by atoms with Crippen LogP contribution in [0, 0.1) is 0 Å². The molecule has 2 rings (SSSR count). The first kappa shape index (κ1) is 17.4. The number of unbranched alkanes of at least 4 members (excludes halogenated alkanes) is 1. The normalized spacial score (nSPS) is 15.7. The highest BCUT2D eigenvalue weighted by Gasteiger charge is 2.24. The largest absolute Gasteiger partial charge is 0.342 e. The molecule has 1 aliphatic rings. The van der Waals surface area contributed by atoms with Crippen molar-refractivity contribution in [3.05, 3.63) is 30.1 Å². The highest BCUT2D eigenvalue weighted by atomic mass is 16.2. The summed E-state index contributed by atoms with van der Waals surface area (Å²) in [5, 5.41) is 0. The number of pyridine rings is 1. The van der Waals surface area contributed by atoms with Crippen LogP contribution in [0.5, 0.6) is 0 Å². The topological polar surface area (TPSA) is 53.5 Å². The first-order valence-electron chi connectivity index (χ1n) is 8.56. The Morgan fingerprint density at radius 1 is 1.48 bits per heavy atom. The highest BCUT2D eigenvalue weighted by Crippen LogP contribution is 2.25. The number of hydrogen-bond acceptors (Lipinski definition) is 3. The smallest absolute Gasteiger partial charge is 0.224 e. The number of hydrogen-bond donors (Lipinski definition) is 0. The van der Waals surface area contributed by atoms with Crippen molar-refractivity contribution in [1.29, 1.82) is 0 Å². The first-order valence-corrected chi connectivity index (χ1v) is 8.56. The zero-order valence-electron chi connectivity index (χ0n) is 14.2. The third kappa shape index (κ3) is 4.78. The van der Waals surface area contributed by atoms with Crippen molar-refractivity contribution >= 4 is 11.8 Å². The maximum absolute atomic E-state index is 12.6. The molecule has 0 radical (unpaired) electrons. The van der Waals surface area contributed by atoms with Crippen molar-refractivity contribution < 1.29 is 9.59 Å². The van der Waals surface area contributed by atoms with Crippen LogP contribution < -0.4 is 0 Å². The monoisotopic (exact) mass is 317 g/mol. The second kappa shape index (κ2) is 8.65. The molecule has 0 aromatic carbocycles. The van der Waals surface area contributed by atoms with Gasteiger partial charge in [0, 0.05) is 45.4 Å². The molecule has 1 aromatic rings. The van der Waals surface area contributed by atoms with Crippen molar-refractivity contribution in [2.24, 2.45) is 0 Å².